The molecule has 0 spiro atoms. The standard InChI is InChI=1S/C7H14N2O2S/c1-7(2,12-3)4-9-5-11-6(8)10/h4H,5H2,1-3H3,(H2,8,10)/b9-4+. The van der Waals surface area contributed by atoms with Gasteiger partial charge in [-0.25, -0.2) is 4.79 Å². The van der Waals surface area contributed by atoms with Crippen LogP contribution in [0.5, 0.6) is 0 Å². The quantitative estimate of drug-likeness (QED) is 0.678. The summed E-state index contributed by atoms with van der Waals surface area (Å²) < 4.78 is 4.39. The van der Waals surface area contributed by atoms with Crippen LogP contribution in [0.1, 0.15) is 13.8 Å². The summed E-state index contributed by atoms with van der Waals surface area (Å²) in [5.74, 6) is 0. The molecule has 0 fully saturated rings. The number of primary amides is 1. The largest absolute Gasteiger partial charge is 0.426 e. The smallest absolute Gasteiger partial charge is 0.406 e. The van der Waals surface area contributed by atoms with Gasteiger partial charge in [-0.1, -0.05) is 0 Å². The fourth-order valence-corrected chi connectivity index (χ4v) is 0.591. The van der Waals surface area contributed by atoms with Gasteiger partial charge in [0.15, 0.2) is 6.73 Å². The van der Waals surface area contributed by atoms with Crippen LogP contribution in [-0.4, -0.2) is 30.0 Å². The van der Waals surface area contributed by atoms with E-state index in [2.05, 4.69) is 9.73 Å². The first-order chi connectivity index (χ1) is 5.48. The van der Waals surface area contributed by atoms with E-state index in [4.69, 9.17) is 5.73 Å². The first-order valence-electron chi connectivity index (χ1n) is 3.46. The Kier molecular flexibility index (Phi) is 4.73. The molecule has 5 heteroatoms. The van der Waals surface area contributed by atoms with Gasteiger partial charge < -0.3 is 10.5 Å². The molecule has 12 heavy (non-hydrogen) atoms. The van der Waals surface area contributed by atoms with Crippen LogP contribution in [-0.2, 0) is 4.74 Å². The zero-order chi connectivity index (χ0) is 9.61. The van der Waals surface area contributed by atoms with E-state index in [9.17, 15) is 4.79 Å². The minimum atomic E-state index is -0.797. The minimum Gasteiger partial charge on any atom is -0.426 e. The molecule has 70 valence electrons. The predicted molar refractivity (Wildman–Crippen MR) is 51.6 cm³/mol. The third kappa shape index (κ3) is 6.03. The summed E-state index contributed by atoms with van der Waals surface area (Å²) in [7, 11) is 0. The Morgan fingerprint density at radius 3 is 2.75 bits per heavy atom. The molecule has 0 saturated carbocycles. The Balaban J connectivity index is 3.68. The van der Waals surface area contributed by atoms with Gasteiger partial charge in [0.1, 0.15) is 0 Å². The van der Waals surface area contributed by atoms with Gasteiger partial charge in [-0.2, -0.15) is 11.8 Å². The molecule has 0 aromatic rings. The van der Waals surface area contributed by atoms with Crippen molar-refractivity contribution in [1.29, 1.82) is 0 Å². The summed E-state index contributed by atoms with van der Waals surface area (Å²) in [5.41, 5.74) is 4.73. The zero-order valence-electron chi connectivity index (χ0n) is 7.53. The normalized spacial score (nSPS) is 11.9. The lowest BCUT2D eigenvalue weighted by Gasteiger charge is -2.14. The summed E-state index contributed by atoms with van der Waals surface area (Å²) in [6.07, 6.45) is 2.93. The van der Waals surface area contributed by atoms with Crippen molar-refractivity contribution >= 4 is 24.1 Å². The van der Waals surface area contributed by atoms with Crippen LogP contribution >= 0.6 is 11.8 Å². The molecule has 0 aliphatic rings. The summed E-state index contributed by atoms with van der Waals surface area (Å²) in [6.45, 7) is 4.04. The lowest BCUT2D eigenvalue weighted by Crippen LogP contribution is -2.17. The highest BCUT2D eigenvalue weighted by molar-refractivity contribution is 8.00. The fourth-order valence-electron chi connectivity index (χ4n) is 0.411. The van der Waals surface area contributed by atoms with Crippen molar-refractivity contribution in [3.05, 3.63) is 0 Å². The summed E-state index contributed by atoms with van der Waals surface area (Å²) >= 11 is 1.66. The van der Waals surface area contributed by atoms with Gasteiger partial charge in [0.2, 0.25) is 0 Å². The molecule has 0 aromatic carbocycles. The second-order valence-corrected chi connectivity index (χ2v) is 4.17. The van der Waals surface area contributed by atoms with Crippen LogP contribution in [0.4, 0.5) is 4.79 Å². The Labute approximate surface area is 76.6 Å². The van der Waals surface area contributed by atoms with E-state index in [1.54, 1.807) is 18.0 Å². The highest BCUT2D eigenvalue weighted by Gasteiger charge is 2.11. The Morgan fingerprint density at radius 2 is 2.33 bits per heavy atom. The highest BCUT2D eigenvalue weighted by Crippen LogP contribution is 2.17. The summed E-state index contributed by atoms with van der Waals surface area (Å²) in [4.78, 5) is 14.0. The number of rotatable bonds is 4. The van der Waals surface area contributed by atoms with Gasteiger partial charge >= 0.3 is 6.09 Å². The van der Waals surface area contributed by atoms with Crippen molar-refractivity contribution in [2.45, 2.75) is 18.6 Å². The van der Waals surface area contributed by atoms with Crippen LogP contribution in [0, 0.1) is 0 Å². The SMILES string of the molecule is CSC(C)(C)/C=N/COC(N)=O. The lowest BCUT2D eigenvalue weighted by atomic mass is 10.2. The molecule has 2 N–H and O–H groups in total. The van der Waals surface area contributed by atoms with E-state index >= 15 is 0 Å². The Morgan fingerprint density at radius 1 is 1.75 bits per heavy atom. The lowest BCUT2D eigenvalue weighted by molar-refractivity contribution is 0.160. The maximum absolute atomic E-state index is 10.1. The molecule has 0 heterocycles. The van der Waals surface area contributed by atoms with E-state index in [1.807, 2.05) is 20.1 Å². The second kappa shape index (κ2) is 5.03. The van der Waals surface area contributed by atoms with Crippen LogP contribution < -0.4 is 5.73 Å². The summed E-state index contributed by atoms with van der Waals surface area (Å²) in [5, 5.41) is 0. The third-order valence-corrected chi connectivity index (χ3v) is 2.37. The number of nitrogens with two attached hydrogens (primary N) is 1. The van der Waals surface area contributed by atoms with Crippen molar-refractivity contribution in [3.63, 3.8) is 0 Å². The maximum atomic E-state index is 10.1. The molecule has 0 aromatic heterocycles. The second-order valence-electron chi connectivity index (χ2n) is 2.71. The van der Waals surface area contributed by atoms with Crippen LogP contribution in [0.3, 0.4) is 0 Å². The molecule has 4 nitrogen and oxygen atoms in total. The molecule has 0 radical (unpaired) electrons. The van der Waals surface area contributed by atoms with E-state index in [1.165, 1.54) is 0 Å². The molecule has 0 aliphatic heterocycles. The monoisotopic (exact) mass is 190 g/mol. The van der Waals surface area contributed by atoms with Crippen LogP contribution in [0.15, 0.2) is 4.99 Å². The van der Waals surface area contributed by atoms with E-state index in [-0.39, 0.29) is 11.5 Å². The highest BCUT2D eigenvalue weighted by atomic mass is 32.2. The van der Waals surface area contributed by atoms with Gasteiger partial charge in [-0.3, -0.25) is 4.99 Å². The molecular weight excluding hydrogens is 176 g/mol. The Bertz CT molecular complexity index is 180. The number of ether oxygens (including phenoxy) is 1. The van der Waals surface area contributed by atoms with Gasteiger partial charge in [0, 0.05) is 11.0 Å². The van der Waals surface area contributed by atoms with Crippen molar-refractivity contribution in [1.82, 2.24) is 0 Å². The molecule has 1 amide bonds. The predicted octanol–water partition coefficient (Wildman–Crippen LogP) is 1.25. The fraction of sp³-hybridized carbons (Fsp3) is 0.714. The maximum Gasteiger partial charge on any atom is 0.406 e. The van der Waals surface area contributed by atoms with Crippen molar-refractivity contribution < 1.29 is 9.53 Å². The topological polar surface area (TPSA) is 64.7 Å². The molecular formula is C7H14N2O2S. The van der Waals surface area contributed by atoms with Crippen molar-refractivity contribution in [2.24, 2.45) is 10.7 Å². The van der Waals surface area contributed by atoms with Gasteiger partial charge in [-0.05, 0) is 20.1 Å². The van der Waals surface area contributed by atoms with Gasteiger partial charge in [0.05, 0.1) is 0 Å². The van der Waals surface area contributed by atoms with Gasteiger partial charge in [0.25, 0.3) is 0 Å². The number of nitrogens with zero attached hydrogens (tertiary/aromatic N) is 1. The third-order valence-electron chi connectivity index (χ3n) is 1.21. The molecule has 0 saturated heterocycles. The number of hydrogen-bond donors (Lipinski definition) is 1. The van der Waals surface area contributed by atoms with E-state index in [0.29, 0.717) is 0 Å². The average Bonchev–Trinajstić information content (AvgIpc) is 1.98. The first-order valence-corrected chi connectivity index (χ1v) is 4.69. The number of carbonyl (C=O) groups is 1. The van der Waals surface area contributed by atoms with Crippen molar-refractivity contribution in [2.75, 3.05) is 13.0 Å². The molecule has 0 aliphatic carbocycles. The Hall–Kier alpha value is -0.710. The van der Waals surface area contributed by atoms with Crippen molar-refractivity contribution in [3.8, 4) is 0 Å². The molecule has 0 atom stereocenters. The van der Waals surface area contributed by atoms with E-state index in [0.717, 1.165) is 0 Å². The zero-order valence-corrected chi connectivity index (χ0v) is 8.35. The number of aliphatic imine (C=N–C) groups is 1. The van der Waals surface area contributed by atoms with Gasteiger partial charge in [-0.15, -0.1) is 0 Å². The minimum absolute atomic E-state index is 0.000671. The first kappa shape index (κ1) is 11.3. The number of thioether (sulfide) groups is 1. The summed E-state index contributed by atoms with van der Waals surface area (Å²) in [6, 6.07) is 0. The van der Waals surface area contributed by atoms with Crippen LogP contribution in [0.25, 0.3) is 0 Å². The average molecular weight is 190 g/mol. The number of amides is 1. The van der Waals surface area contributed by atoms with Crippen LogP contribution in [0.2, 0.25) is 0 Å². The number of carbonyl (C=O) groups excluding carboxylic acids is 1. The molecule has 0 bridgehead atoms. The molecule has 0 rings (SSSR count). The molecule has 0 unspecified atom stereocenters. The number of hydrogen-bond acceptors (Lipinski definition) is 4. The van der Waals surface area contributed by atoms with E-state index < -0.39 is 6.09 Å².